The number of imide groups is 1. The summed E-state index contributed by atoms with van der Waals surface area (Å²) < 4.78 is 2.18. The van der Waals surface area contributed by atoms with E-state index < -0.39 is 17.4 Å². The number of nitrogens with two attached hydrogens (primary N) is 1. The number of benzene rings is 1. The van der Waals surface area contributed by atoms with E-state index in [0.29, 0.717) is 5.69 Å². The smallest absolute Gasteiger partial charge is 0.262 e. The number of hydrogen-bond acceptors (Lipinski definition) is 8. The van der Waals surface area contributed by atoms with Crippen LogP contribution in [-0.4, -0.2) is 59.5 Å². The summed E-state index contributed by atoms with van der Waals surface area (Å²) in [4.78, 5) is 45.8. The SMILES string of the molecule is CN1CCN(c2nc3ccc(-n4c(N)c5c(cc4=O)C(=O)NC5=O)cc3s2)CC1. The highest BCUT2D eigenvalue weighted by atomic mass is 32.1. The molecule has 0 aliphatic carbocycles. The molecule has 2 aliphatic heterocycles. The van der Waals surface area contributed by atoms with Crippen molar-refractivity contribution < 1.29 is 9.59 Å². The van der Waals surface area contributed by atoms with E-state index in [0.717, 1.165) is 47.6 Å². The average Bonchev–Trinajstić information content (AvgIpc) is 3.23. The Morgan fingerprint density at radius 1 is 1.07 bits per heavy atom. The summed E-state index contributed by atoms with van der Waals surface area (Å²) in [7, 11) is 2.11. The number of nitrogen functional groups attached to an aromatic ring is 1. The Hall–Kier alpha value is -3.24. The van der Waals surface area contributed by atoms with E-state index in [9.17, 15) is 14.4 Å². The maximum atomic E-state index is 12.6. The van der Waals surface area contributed by atoms with Crippen molar-refractivity contribution in [1.82, 2.24) is 19.8 Å². The lowest BCUT2D eigenvalue weighted by Crippen LogP contribution is -2.44. The molecule has 5 rings (SSSR count). The second-order valence-electron chi connectivity index (χ2n) is 7.21. The van der Waals surface area contributed by atoms with Crippen molar-refractivity contribution in [1.29, 1.82) is 0 Å². The second kappa shape index (κ2) is 6.39. The van der Waals surface area contributed by atoms with Crippen molar-refractivity contribution in [3.05, 3.63) is 45.7 Å². The number of piperazine rings is 1. The van der Waals surface area contributed by atoms with E-state index >= 15 is 0 Å². The minimum atomic E-state index is -0.601. The summed E-state index contributed by atoms with van der Waals surface area (Å²) in [6.07, 6.45) is 0. The van der Waals surface area contributed by atoms with E-state index in [-0.39, 0.29) is 16.9 Å². The number of fused-ring (bicyclic) bond motifs is 2. The molecule has 0 unspecified atom stereocenters. The molecular weight excluding hydrogens is 392 g/mol. The molecule has 1 saturated heterocycles. The lowest BCUT2D eigenvalue weighted by molar-refractivity contribution is 0.0880. The minimum absolute atomic E-state index is 0.0185. The Morgan fingerprint density at radius 2 is 1.83 bits per heavy atom. The number of thiazole rings is 1. The van der Waals surface area contributed by atoms with Gasteiger partial charge < -0.3 is 15.5 Å². The molecule has 0 saturated carbocycles. The van der Waals surface area contributed by atoms with Crippen LogP contribution in [0.4, 0.5) is 10.9 Å². The first-order chi connectivity index (χ1) is 13.9. The number of likely N-dealkylation sites (N-methyl/N-ethyl adjacent to an activating group) is 1. The highest BCUT2D eigenvalue weighted by Gasteiger charge is 2.32. The van der Waals surface area contributed by atoms with Crippen molar-refractivity contribution in [3.63, 3.8) is 0 Å². The molecule has 0 atom stereocenters. The molecular formula is C19H18N6O3S. The van der Waals surface area contributed by atoms with Gasteiger partial charge in [-0.15, -0.1) is 0 Å². The van der Waals surface area contributed by atoms with Gasteiger partial charge in [-0.1, -0.05) is 11.3 Å². The van der Waals surface area contributed by atoms with Crippen molar-refractivity contribution in [3.8, 4) is 5.69 Å². The number of pyridine rings is 1. The number of amides is 2. The van der Waals surface area contributed by atoms with Gasteiger partial charge in [0.25, 0.3) is 17.4 Å². The van der Waals surface area contributed by atoms with Crippen molar-refractivity contribution in [2.24, 2.45) is 0 Å². The van der Waals surface area contributed by atoms with Gasteiger partial charge in [-0.2, -0.15) is 0 Å². The predicted octanol–water partition coefficient (Wildman–Crippen LogP) is 0.665. The molecule has 2 aromatic heterocycles. The summed E-state index contributed by atoms with van der Waals surface area (Å²) in [5, 5.41) is 3.12. The number of rotatable bonds is 2. The van der Waals surface area contributed by atoms with Crippen LogP contribution < -0.4 is 21.5 Å². The topological polar surface area (TPSA) is 114 Å². The van der Waals surface area contributed by atoms with Gasteiger partial charge in [0, 0.05) is 32.2 Å². The molecule has 2 amide bonds. The largest absolute Gasteiger partial charge is 0.384 e. The monoisotopic (exact) mass is 410 g/mol. The van der Waals surface area contributed by atoms with E-state index in [1.54, 1.807) is 17.4 Å². The number of anilines is 2. The summed E-state index contributed by atoms with van der Waals surface area (Å²) in [5.74, 6) is -1.23. The Kier molecular flexibility index (Phi) is 3.93. The van der Waals surface area contributed by atoms with Crippen LogP contribution in [0.3, 0.4) is 0 Å². The van der Waals surface area contributed by atoms with Gasteiger partial charge in [-0.25, -0.2) is 4.98 Å². The zero-order valence-electron chi connectivity index (χ0n) is 15.6. The zero-order valence-corrected chi connectivity index (χ0v) is 16.5. The Morgan fingerprint density at radius 3 is 2.59 bits per heavy atom. The summed E-state index contributed by atoms with van der Waals surface area (Å²) in [6.45, 7) is 3.82. The maximum Gasteiger partial charge on any atom is 0.262 e. The van der Waals surface area contributed by atoms with E-state index in [1.807, 2.05) is 12.1 Å². The van der Waals surface area contributed by atoms with Crippen molar-refractivity contribution in [2.75, 3.05) is 43.9 Å². The Bertz CT molecular complexity index is 1240. The molecule has 2 aliphatic rings. The predicted molar refractivity (Wildman–Crippen MR) is 111 cm³/mol. The van der Waals surface area contributed by atoms with E-state index in [4.69, 9.17) is 10.7 Å². The van der Waals surface area contributed by atoms with Gasteiger partial charge in [-0.3, -0.25) is 24.3 Å². The fourth-order valence-corrected chi connectivity index (χ4v) is 4.77. The molecule has 10 heteroatoms. The van der Waals surface area contributed by atoms with Crippen LogP contribution in [0.15, 0.2) is 29.1 Å². The van der Waals surface area contributed by atoms with Gasteiger partial charge in [0.15, 0.2) is 5.13 Å². The van der Waals surface area contributed by atoms with Gasteiger partial charge in [-0.05, 0) is 25.2 Å². The molecule has 0 radical (unpaired) electrons. The van der Waals surface area contributed by atoms with Crippen LogP contribution in [0.1, 0.15) is 20.7 Å². The average molecular weight is 410 g/mol. The zero-order chi connectivity index (χ0) is 20.3. The van der Waals surface area contributed by atoms with Crippen LogP contribution in [0.25, 0.3) is 15.9 Å². The number of nitrogens with zero attached hydrogens (tertiary/aromatic N) is 4. The molecule has 3 aromatic rings. The van der Waals surface area contributed by atoms with Gasteiger partial charge >= 0.3 is 0 Å². The van der Waals surface area contributed by atoms with Crippen LogP contribution in [0.2, 0.25) is 0 Å². The quantitative estimate of drug-likeness (QED) is 0.597. The normalized spacial score (nSPS) is 17.1. The molecule has 0 spiro atoms. The molecule has 148 valence electrons. The molecule has 9 nitrogen and oxygen atoms in total. The van der Waals surface area contributed by atoms with Gasteiger partial charge in [0.05, 0.1) is 27.0 Å². The fraction of sp³-hybridized carbons (Fsp3) is 0.263. The first kappa shape index (κ1) is 17.8. The molecule has 1 fully saturated rings. The molecule has 0 bridgehead atoms. The highest BCUT2D eigenvalue weighted by molar-refractivity contribution is 7.22. The third-order valence-corrected chi connectivity index (χ3v) is 6.43. The lowest BCUT2D eigenvalue weighted by Gasteiger charge is -2.31. The lowest BCUT2D eigenvalue weighted by atomic mass is 10.1. The Balaban J connectivity index is 1.58. The van der Waals surface area contributed by atoms with Crippen molar-refractivity contribution >= 4 is 44.3 Å². The fourth-order valence-electron chi connectivity index (χ4n) is 3.72. The van der Waals surface area contributed by atoms with Crippen LogP contribution in [0.5, 0.6) is 0 Å². The summed E-state index contributed by atoms with van der Waals surface area (Å²) in [6, 6.07) is 6.57. The van der Waals surface area contributed by atoms with E-state index in [1.165, 1.54) is 4.57 Å². The molecule has 29 heavy (non-hydrogen) atoms. The first-order valence-corrected chi connectivity index (χ1v) is 9.99. The Labute approximate surface area is 169 Å². The number of hydrogen-bond donors (Lipinski definition) is 2. The van der Waals surface area contributed by atoms with Gasteiger partial charge in [0.1, 0.15) is 5.82 Å². The summed E-state index contributed by atoms with van der Waals surface area (Å²) >= 11 is 1.56. The summed E-state index contributed by atoms with van der Waals surface area (Å²) in [5.41, 5.74) is 7.09. The number of carbonyl (C=O) groups excluding carboxylic acids is 2. The third kappa shape index (κ3) is 2.79. The maximum absolute atomic E-state index is 12.6. The van der Waals surface area contributed by atoms with Crippen LogP contribution in [0, 0.1) is 0 Å². The highest BCUT2D eigenvalue weighted by Crippen LogP contribution is 2.31. The second-order valence-corrected chi connectivity index (χ2v) is 8.22. The van der Waals surface area contributed by atoms with Crippen LogP contribution in [-0.2, 0) is 0 Å². The molecule has 1 aromatic carbocycles. The number of aromatic nitrogens is 2. The third-order valence-electron chi connectivity index (χ3n) is 5.35. The first-order valence-electron chi connectivity index (χ1n) is 9.18. The molecule has 3 N–H and O–H groups in total. The standard InChI is InChI=1S/C19H18N6O3S/c1-23-4-6-24(7-5-23)19-21-12-3-2-10(8-13(12)29-19)25-14(26)9-11-15(16(25)20)18(28)22-17(11)27/h2-3,8-9H,4-7,20H2,1H3,(H,22,27,28). The van der Waals surface area contributed by atoms with Gasteiger partial charge in [0.2, 0.25) is 0 Å². The number of carbonyl (C=O) groups is 2. The van der Waals surface area contributed by atoms with E-state index in [2.05, 4.69) is 22.2 Å². The minimum Gasteiger partial charge on any atom is -0.384 e. The molecule has 4 heterocycles. The van der Waals surface area contributed by atoms with Crippen LogP contribution >= 0.6 is 11.3 Å². The number of nitrogens with one attached hydrogen (secondary N) is 1. The van der Waals surface area contributed by atoms with Crippen molar-refractivity contribution in [2.45, 2.75) is 0 Å².